The Kier molecular flexibility index (Phi) is 6.34. The largest absolute Gasteiger partial charge is 1.00 e. The van der Waals surface area contributed by atoms with Gasteiger partial charge in [-0.3, -0.25) is 9.67 Å². The summed E-state index contributed by atoms with van der Waals surface area (Å²) in [5.41, 5.74) is 2.71. The van der Waals surface area contributed by atoms with E-state index in [2.05, 4.69) is 15.4 Å². The molecule has 0 fully saturated rings. The number of nitrogens with one attached hydrogen (secondary N) is 1. The SMILES string of the molecule is CC(C)(C)OC(=O)NCCn1nc2c(c1C(=O)[O-])CCc1cnccc1-2.[Li+]. The first-order valence-electron chi connectivity index (χ1n) is 8.47. The van der Waals surface area contributed by atoms with Crippen LogP contribution >= 0.6 is 0 Å². The van der Waals surface area contributed by atoms with Gasteiger partial charge in [-0.2, -0.15) is 5.10 Å². The number of rotatable bonds is 4. The molecule has 1 amide bonds. The number of carbonyl (C=O) groups excluding carboxylic acids is 2. The molecule has 1 aliphatic rings. The standard InChI is InChI=1S/C18H22N4O4.Li/c1-18(2,3)26-17(25)20-8-9-22-15(16(23)24)13-5-4-11-10-19-7-6-12(11)14(13)21-22;/h6-7,10H,4-5,8-9H2,1-3H3,(H,20,25)(H,23,24);/q;+1/p-1. The Hall–Kier alpha value is -2.30. The number of pyridine rings is 1. The number of carboxylic acid groups (broad SMARTS) is 1. The Morgan fingerprint density at radius 3 is 2.74 bits per heavy atom. The van der Waals surface area contributed by atoms with Crippen LogP contribution in [0.25, 0.3) is 11.3 Å². The van der Waals surface area contributed by atoms with Crippen molar-refractivity contribution in [1.82, 2.24) is 20.1 Å². The van der Waals surface area contributed by atoms with Crippen LogP contribution in [-0.4, -0.2) is 39.0 Å². The van der Waals surface area contributed by atoms with Crippen molar-refractivity contribution >= 4 is 12.1 Å². The van der Waals surface area contributed by atoms with Gasteiger partial charge in [-0.25, -0.2) is 4.79 Å². The van der Waals surface area contributed by atoms with E-state index in [4.69, 9.17) is 4.74 Å². The van der Waals surface area contributed by atoms with Crippen molar-refractivity contribution in [2.24, 2.45) is 0 Å². The fourth-order valence-electron chi connectivity index (χ4n) is 3.04. The summed E-state index contributed by atoms with van der Waals surface area (Å²) in [5.74, 6) is -1.27. The van der Waals surface area contributed by atoms with E-state index < -0.39 is 17.7 Å². The molecule has 0 saturated carbocycles. The Morgan fingerprint density at radius 2 is 2.07 bits per heavy atom. The topological polar surface area (TPSA) is 109 Å². The van der Waals surface area contributed by atoms with Gasteiger partial charge in [-0.15, -0.1) is 0 Å². The fourth-order valence-corrected chi connectivity index (χ4v) is 3.04. The van der Waals surface area contributed by atoms with E-state index in [0.717, 1.165) is 11.1 Å². The van der Waals surface area contributed by atoms with E-state index in [1.807, 2.05) is 6.07 Å². The maximum absolute atomic E-state index is 11.7. The molecule has 1 aliphatic carbocycles. The molecule has 0 atom stereocenters. The number of fused-ring (bicyclic) bond motifs is 3. The third-order valence-corrected chi connectivity index (χ3v) is 4.04. The van der Waals surface area contributed by atoms with Gasteiger partial charge < -0.3 is 20.0 Å². The Morgan fingerprint density at radius 1 is 1.33 bits per heavy atom. The maximum Gasteiger partial charge on any atom is 1.00 e. The minimum Gasteiger partial charge on any atom is -0.543 e. The second-order valence-electron chi connectivity index (χ2n) is 7.15. The molecule has 0 saturated heterocycles. The number of alkyl carbamates (subject to hydrolysis) is 1. The maximum atomic E-state index is 11.7. The van der Waals surface area contributed by atoms with Crippen molar-refractivity contribution in [2.75, 3.05) is 6.54 Å². The molecular weight excluding hydrogens is 343 g/mol. The van der Waals surface area contributed by atoms with E-state index in [0.29, 0.717) is 24.1 Å². The van der Waals surface area contributed by atoms with E-state index in [9.17, 15) is 14.7 Å². The molecule has 3 rings (SSSR count). The molecule has 0 aliphatic heterocycles. The molecule has 2 heterocycles. The van der Waals surface area contributed by atoms with Crippen LogP contribution in [0.3, 0.4) is 0 Å². The monoisotopic (exact) mass is 364 g/mol. The van der Waals surface area contributed by atoms with E-state index in [1.165, 1.54) is 4.68 Å². The summed E-state index contributed by atoms with van der Waals surface area (Å²) in [6.07, 6.45) is 4.16. The van der Waals surface area contributed by atoms with Gasteiger partial charge in [0.2, 0.25) is 0 Å². The molecule has 0 spiro atoms. The third-order valence-electron chi connectivity index (χ3n) is 4.04. The minimum absolute atomic E-state index is 0. The van der Waals surface area contributed by atoms with Crippen LogP contribution in [0, 0.1) is 0 Å². The second kappa shape index (κ2) is 8.15. The van der Waals surface area contributed by atoms with Crippen LogP contribution in [-0.2, 0) is 24.1 Å². The molecule has 2 aromatic rings. The number of nitrogens with zero attached hydrogens (tertiary/aromatic N) is 3. The van der Waals surface area contributed by atoms with E-state index >= 15 is 0 Å². The normalized spacial score (nSPS) is 12.4. The van der Waals surface area contributed by atoms with E-state index in [1.54, 1.807) is 33.2 Å². The number of hydrogen-bond donors (Lipinski definition) is 1. The first kappa shape index (κ1) is 21.0. The average Bonchev–Trinajstić information content (AvgIpc) is 2.92. The molecule has 0 aromatic carbocycles. The van der Waals surface area contributed by atoms with Crippen molar-refractivity contribution in [1.29, 1.82) is 0 Å². The van der Waals surface area contributed by atoms with Gasteiger partial charge >= 0.3 is 25.0 Å². The van der Waals surface area contributed by atoms with Crippen molar-refractivity contribution < 1.29 is 38.3 Å². The predicted octanol–water partition coefficient (Wildman–Crippen LogP) is -2.06. The molecule has 9 heteroatoms. The molecular formula is C18H21LiN4O4. The van der Waals surface area contributed by atoms with Crippen molar-refractivity contribution in [2.45, 2.75) is 45.8 Å². The van der Waals surface area contributed by atoms with Crippen LogP contribution in [0.2, 0.25) is 0 Å². The Labute approximate surface area is 169 Å². The average molecular weight is 364 g/mol. The molecule has 138 valence electrons. The zero-order valence-electron chi connectivity index (χ0n) is 16.0. The summed E-state index contributed by atoms with van der Waals surface area (Å²) in [6, 6.07) is 1.84. The zero-order valence-corrected chi connectivity index (χ0v) is 16.0. The van der Waals surface area contributed by atoms with Crippen molar-refractivity contribution in [3.8, 4) is 11.3 Å². The number of ether oxygens (including phenoxy) is 1. The summed E-state index contributed by atoms with van der Waals surface area (Å²) in [6.45, 7) is 5.72. The zero-order chi connectivity index (χ0) is 18.9. The number of hydrogen-bond acceptors (Lipinski definition) is 6. The Balaban J connectivity index is 0.00000261. The third kappa shape index (κ3) is 4.70. The van der Waals surface area contributed by atoms with Crippen LogP contribution in [0.15, 0.2) is 18.5 Å². The van der Waals surface area contributed by atoms with Crippen LogP contribution in [0.4, 0.5) is 4.79 Å². The summed E-state index contributed by atoms with van der Waals surface area (Å²) in [4.78, 5) is 27.5. The van der Waals surface area contributed by atoms with Crippen LogP contribution < -0.4 is 29.3 Å². The summed E-state index contributed by atoms with van der Waals surface area (Å²) < 4.78 is 6.55. The molecule has 0 radical (unpaired) electrons. The molecule has 2 aromatic heterocycles. The number of carboxylic acids is 1. The van der Waals surface area contributed by atoms with Gasteiger partial charge in [0.25, 0.3) is 0 Å². The van der Waals surface area contributed by atoms with Gasteiger partial charge in [-0.1, -0.05) is 0 Å². The number of amides is 1. The molecule has 27 heavy (non-hydrogen) atoms. The molecule has 0 bridgehead atoms. The van der Waals surface area contributed by atoms with E-state index in [-0.39, 0.29) is 37.6 Å². The second-order valence-corrected chi connectivity index (χ2v) is 7.15. The predicted molar refractivity (Wildman–Crippen MR) is 91.4 cm³/mol. The van der Waals surface area contributed by atoms with Crippen molar-refractivity contribution in [3.05, 3.63) is 35.3 Å². The van der Waals surface area contributed by atoms with Gasteiger partial charge in [0.05, 0.1) is 23.9 Å². The molecule has 1 N–H and O–H groups in total. The minimum atomic E-state index is -1.27. The quantitative estimate of drug-likeness (QED) is 0.625. The van der Waals surface area contributed by atoms with Gasteiger partial charge in [0.15, 0.2) is 0 Å². The molecule has 8 nitrogen and oxygen atoms in total. The van der Waals surface area contributed by atoms with Crippen molar-refractivity contribution in [3.63, 3.8) is 0 Å². The summed E-state index contributed by atoms with van der Waals surface area (Å²) >= 11 is 0. The van der Waals surface area contributed by atoms with Gasteiger partial charge in [-0.05, 0) is 45.2 Å². The Bertz CT molecular complexity index is 858. The summed E-state index contributed by atoms with van der Waals surface area (Å²) in [5, 5.41) is 18.7. The van der Waals surface area contributed by atoms with Gasteiger partial charge in [0.1, 0.15) is 5.60 Å². The number of aryl methyl sites for hydroxylation is 1. The number of aromatic carboxylic acids is 1. The van der Waals surface area contributed by atoms with Crippen LogP contribution in [0.5, 0.6) is 0 Å². The summed E-state index contributed by atoms with van der Waals surface area (Å²) in [7, 11) is 0. The first-order valence-corrected chi connectivity index (χ1v) is 8.47. The van der Waals surface area contributed by atoms with Crippen LogP contribution in [0.1, 0.15) is 42.4 Å². The van der Waals surface area contributed by atoms with Gasteiger partial charge in [0, 0.05) is 30.1 Å². The first-order chi connectivity index (χ1) is 12.3. The molecule has 0 unspecified atom stereocenters. The smallest absolute Gasteiger partial charge is 0.543 e. The fraction of sp³-hybridized carbons (Fsp3) is 0.444. The number of aromatic nitrogens is 3. The number of carbonyl (C=O) groups is 2.